The van der Waals surface area contributed by atoms with Crippen LogP contribution >= 0.6 is 11.6 Å². The molecule has 0 atom stereocenters. The van der Waals surface area contributed by atoms with Crippen LogP contribution in [-0.2, 0) is 12.8 Å². The third kappa shape index (κ3) is 5.25. The molecular formula is C17H15ClF3NO2. The van der Waals surface area contributed by atoms with Crippen LogP contribution in [0.4, 0.5) is 13.2 Å². The molecule has 0 saturated heterocycles. The highest BCUT2D eigenvalue weighted by atomic mass is 35.5. The zero-order valence-corrected chi connectivity index (χ0v) is 13.3. The molecule has 0 bridgehead atoms. The fraction of sp³-hybridized carbons (Fsp3) is 0.235. The van der Waals surface area contributed by atoms with Gasteiger partial charge in [0.05, 0.1) is 23.7 Å². The molecule has 0 aliphatic carbocycles. The van der Waals surface area contributed by atoms with E-state index >= 15 is 0 Å². The lowest BCUT2D eigenvalue weighted by Gasteiger charge is -2.12. The minimum absolute atomic E-state index is 0.00179. The molecule has 0 amide bonds. The molecule has 0 unspecified atom stereocenters. The first-order chi connectivity index (χ1) is 11.4. The molecule has 2 rings (SSSR count). The van der Waals surface area contributed by atoms with Gasteiger partial charge in [-0.2, -0.15) is 13.2 Å². The van der Waals surface area contributed by atoms with E-state index in [1.54, 1.807) is 30.5 Å². The van der Waals surface area contributed by atoms with E-state index in [2.05, 4.69) is 4.99 Å². The molecule has 2 aromatic rings. The molecule has 3 nitrogen and oxygen atoms in total. The van der Waals surface area contributed by atoms with Crippen molar-refractivity contribution in [2.45, 2.75) is 12.8 Å². The van der Waals surface area contributed by atoms with Crippen LogP contribution in [0.15, 0.2) is 47.5 Å². The Morgan fingerprint density at radius 3 is 2.46 bits per heavy atom. The number of halogens is 4. The molecule has 0 saturated carbocycles. The number of hydrogen-bond acceptors (Lipinski definition) is 3. The molecule has 1 N–H and O–H groups in total. The van der Waals surface area contributed by atoms with Crippen molar-refractivity contribution >= 4 is 17.8 Å². The van der Waals surface area contributed by atoms with Crippen LogP contribution in [0.2, 0.25) is 5.02 Å². The van der Waals surface area contributed by atoms with Crippen LogP contribution in [0, 0.1) is 0 Å². The Balaban J connectivity index is 2.01. The highest BCUT2D eigenvalue weighted by Crippen LogP contribution is 2.35. The summed E-state index contributed by atoms with van der Waals surface area (Å²) in [4.78, 5) is 3.99. The zero-order valence-electron chi connectivity index (χ0n) is 12.6. The first-order valence-electron chi connectivity index (χ1n) is 7.09. The fourth-order valence-electron chi connectivity index (χ4n) is 1.92. The average Bonchev–Trinajstić information content (AvgIpc) is 2.54. The first kappa shape index (κ1) is 18.3. The summed E-state index contributed by atoms with van der Waals surface area (Å²) in [6.45, 7) is 0.313. The van der Waals surface area contributed by atoms with Crippen molar-refractivity contribution in [2.75, 3.05) is 13.2 Å². The van der Waals surface area contributed by atoms with Crippen molar-refractivity contribution in [3.05, 3.63) is 64.2 Å². The lowest BCUT2D eigenvalue weighted by atomic mass is 10.1. The van der Waals surface area contributed by atoms with Crippen molar-refractivity contribution in [3.63, 3.8) is 0 Å². The predicted molar refractivity (Wildman–Crippen MR) is 86.8 cm³/mol. The third-order valence-electron chi connectivity index (χ3n) is 3.09. The summed E-state index contributed by atoms with van der Waals surface area (Å²) in [6.07, 6.45) is -2.88. The van der Waals surface area contributed by atoms with E-state index in [9.17, 15) is 13.2 Å². The van der Waals surface area contributed by atoms with Crippen LogP contribution in [0.25, 0.3) is 0 Å². The van der Waals surface area contributed by atoms with E-state index in [4.69, 9.17) is 21.4 Å². The molecule has 2 aromatic carbocycles. The Labute approximate surface area is 142 Å². The van der Waals surface area contributed by atoms with Crippen LogP contribution < -0.4 is 4.74 Å². The molecule has 0 aliphatic rings. The van der Waals surface area contributed by atoms with E-state index < -0.39 is 11.7 Å². The number of nitrogens with zero attached hydrogens (tertiary/aromatic N) is 1. The van der Waals surface area contributed by atoms with Gasteiger partial charge in [-0.3, -0.25) is 4.99 Å². The number of aliphatic hydroxyl groups is 1. The molecule has 0 aromatic heterocycles. The predicted octanol–water partition coefficient (Wildman–Crippen LogP) is 4.35. The first-order valence-corrected chi connectivity index (χ1v) is 7.47. The number of benzene rings is 2. The molecule has 0 radical (unpaired) electrons. The van der Waals surface area contributed by atoms with Gasteiger partial charge in [0.25, 0.3) is 0 Å². The molecule has 24 heavy (non-hydrogen) atoms. The van der Waals surface area contributed by atoms with E-state index in [0.29, 0.717) is 17.9 Å². The van der Waals surface area contributed by atoms with Crippen molar-refractivity contribution in [3.8, 4) is 5.75 Å². The SMILES string of the molecule is OCCN=Cc1ccc(OCc2ccc(Cl)c(C(F)(F)F)c2)cc1. The van der Waals surface area contributed by atoms with Gasteiger partial charge >= 0.3 is 6.18 Å². The number of aliphatic hydroxyl groups excluding tert-OH is 1. The number of aliphatic imine (C=N–C) groups is 1. The Morgan fingerprint density at radius 1 is 1.12 bits per heavy atom. The van der Waals surface area contributed by atoms with Crippen molar-refractivity contribution in [2.24, 2.45) is 4.99 Å². The van der Waals surface area contributed by atoms with Gasteiger partial charge in [0.1, 0.15) is 12.4 Å². The van der Waals surface area contributed by atoms with Gasteiger partial charge in [-0.1, -0.05) is 17.7 Å². The monoisotopic (exact) mass is 357 g/mol. The number of ether oxygens (including phenoxy) is 1. The number of rotatable bonds is 6. The zero-order chi connectivity index (χ0) is 17.6. The summed E-state index contributed by atoms with van der Waals surface area (Å²) >= 11 is 5.58. The van der Waals surface area contributed by atoms with Crippen LogP contribution in [0.5, 0.6) is 5.75 Å². The Hall–Kier alpha value is -2.05. The highest BCUT2D eigenvalue weighted by Gasteiger charge is 2.33. The van der Waals surface area contributed by atoms with E-state index in [0.717, 1.165) is 11.6 Å². The van der Waals surface area contributed by atoms with Crippen LogP contribution in [-0.4, -0.2) is 24.5 Å². The third-order valence-corrected chi connectivity index (χ3v) is 3.42. The summed E-state index contributed by atoms with van der Waals surface area (Å²) in [5, 5.41) is 8.31. The van der Waals surface area contributed by atoms with Crippen LogP contribution in [0.1, 0.15) is 16.7 Å². The normalized spacial score (nSPS) is 11.9. The average molecular weight is 358 g/mol. The lowest BCUT2D eigenvalue weighted by molar-refractivity contribution is -0.137. The van der Waals surface area contributed by atoms with Gasteiger partial charge in [0.2, 0.25) is 0 Å². The highest BCUT2D eigenvalue weighted by molar-refractivity contribution is 6.31. The summed E-state index contributed by atoms with van der Waals surface area (Å²) in [5.74, 6) is 0.526. The Bertz CT molecular complexity index is 700. The second-order valence-electron chi connectivity index (χ2n) is 4.93. The fourth-order valence-corrected chi connectivity index (χ4v) is 2.15. The quantitative estimate of drug-likeness (QED) is 0.781. The largest absolute Gasteiger partial charge is 0.489 e. The number of alkyl halides is 3. The Kier molecular flexibility index (Phi) is 6.23. The number of hydrogen-bond donors (Lipinski definition) is 1. The molecular weight excluding hydrogens is 343 g/mol. The Morgan fingerprint density at radius 2 is 1.83 bits per heavy atom. The van der Waals surface area contributed by atoms with Crippen LogP contribution in [0.3, 0.4) is 0 Å². The minimum atomic E-state index is -4.50. The van der Waals surface area contributed by atoms with E-state index in [1.807, 2.05) is 0 Å². The summed E-state index contributed by atoms with van der Waals surface area (Å²) < 4.78 is 43.9. The van der Waals surface area contributed by atoms with E-state index in [1.165, 1.54) is 12.1 Å². The second-order valence-corrected chi connectivity index (χ2v) is 5.34. The molecule has 0 aliphatic heterocycles. The second kappa shape index (κ2) is 8.17. The molecule has 0 heterocycles. The smallest absolute Gasteiger partial charge is 0.417 e. The molecule has 0 spiro atoms. The van der Waals surface area contributed by atoms with Crippen molar-refractivity contribution < 1.29 is 23.0 Å². The summed E-state index contributed by atoms with van der Waals surface area (Å²) in [5.41, 5.74) is 0.336. The molecule has 128 valence electrons. The maximum absolute atomic E-state index is 12.8. The van der Waals surface area contributed by atoms with E-state index in [-0.39, 0.29) is 18.2 Å². The standard InChI is InChI=1S/C17H15ClF3NO2/c18-16-6-3-13(9-15(16)17(19,20)21)11-24-14-4-1-12(2-5-14)10-22-7-8-23/h1-6,9-10,23H,7-8,11H2. The van der Waals surface area contributed by atoms with Gasteiger partial charge in [-0.15, -0.1) is 0 Å². The lowest BCUT2D eigenvalue weighted by Crippen LogP contribution is -2.07. The minimum Gasteiger partial charge on any atom is -0.489 e. The topological polar surface area (TPSA) is 41.8 Å². The van der Waals surface area contributed by atoms with Gasteiger partial charge in [0.15, 0.2) is 0 Å². The van der Waals surface area contributed by atoms with Gasteiger partial charge in [0, 0.05) is 6.21 Å². The van der Waals surface area contributed by atoms with Gasteiger partial charge < -0.3 is 9.84 Å². The maximum Gasteiger partial charge on any atom is 0.417 e. The summed E-state index contributed by atoms with van der Waals surface area (Å²) in [7, 11) is 0. The summed E-state index contributed by atoms with van der Waals surface area (Å²) in [6, 6.07) is 10.6. The van der Waals surface area contributed by atoms with Crippen molar-refractivity contribution in [1.29, 1.82) is 0 Å². The molecule has 7 heteroatoms. The molecule has 0 fully saturated rings. The maximum atomic E-state index is 12.8. The van der Waals surface area contributed by atoms with Gasteiger partial charge in [-0.05, 0) is 47.5 Å². The van der Waals surface area contributed by atoms with Gasteiger partial charge in [-0.25, -0.2) is 0 Å². The van der Waals surface area contributed by atoms with Crippen molar-refractivity contribution in [1.82, 2.24) is 0 Å².